The molecule has 0 unspecified atom stereocenters. The molecule has 0 atom stereocenters. The summed E-state index contributed by atoms with van der Waals surface area (Å²) in [7, 11) is 0. The molecule has 0 amide bonds. The molecule has 0 saturated heterocycles. The van der Waals surface area contributed by atoms with Crippen LogP contribution in [0.15, 0.2) is 36.4 Å². The van der Waals surface area contributed by atoms with Gasteiger partial charge in [0, 0.05) is 5.56 Å². The maximum absolute atomic E-state index is 13.8. The third kappa shape index (κ3) is 2.77. The zero-order chi connectivity index (χ0) is 14.8. The van der Waals surface area contributed by atoms with Crippen LogP contribution in [-0.4, -0.2) is 4.98 Å². The number of nitriles is 1. The lowest BCUT2D eigenvalue weighted by Crippen LogP contribution is -2.08. The lowest BCUT2D eigenvalue weighted by atomic mass is 10.00. The van der Waals surface area contributed by atoms with Crippen LogP contribution in [0.25, 0.3) is 11.1 Å². The first-order chi connectivity index (χ1) is 9.43. The van der Waals surface area contributed by atoms with Gasteiger partial charge in [-0.1, -0.05) is 18.2 Å². The smallest absolute Gasteiger partial charge is 0.223 e. The normalized spacial score (nSPS) is 11.2. The molecule has 102 valence electrons. The van der Waals surface area contributed by atoms with Crippen LogP contribution >= 0.6 is 0 Å². The minimum atomic E-state index is -4.58. The van der Waals surface area contributed by atoms with Gasteiger partial charge >= 0.3 is 6.18 Å². The summed E-state index contributed by atoms with van der Waals surface area (Å²) in [5.41, 5.74) is -1.25. The average molecular weight is 280 g/mol. The summed E-state index contributed by atoms with van der Waals surface area (Å²) >= 11 is 0. The predicted octanol–water partition coefficient (Wildman–Crippen LogP) is 3.97. The van der Waals surface area contributed by atoms with Crippen molar-refractivity contribution < 1.29 is 17.6 Å². The molecule has 1 heterocycles. The predicted molar refractivity (Wildman–Crippen MR) is 64.0 cm³/mol. The molecule has 2 aromatic rings. The second-order valence-electron chi connectivity index (χ2n) is 4.02. The Morgan fingerprint density at radius 3 is 2.35 bits per heavy atom. The van der Waals surface area contributed by atoms with Crippen LogP contribution in [0.5, 0.6) is 0 Å². The van der Waals surface area contributed by atoms with Gasteiger partial charge in [-0.05, 0) is 23.8 Å². The fourth-order valence-corrected chi connectivity index (χ4v) is 1.82. The van der Waals surface area contributed by atoms with Crippen molar-refractivity contribution in [3.05, 3.63) is 53.6 Å². The summed E-state index contributed by atoms with van der Waals surface area (Å²) < 4.78 is 52.5. The van der Waals surface area contributed by atoms with Crippen molar-refractivity contribution in [3.8, 4) is 17.2 Å². The lowest BCUT2D eigenvalue weighted by molar-refractivity contribution is -0.137. The van der Waals surface area contributed by atoms with E-state index >= 15 is 0 Å². The van der Waals surface area contributed by atoms with Gasteiger partial charge in [0.1, 0.15) is 0 Å². The molecule has 2 rings (SSSR count). The number of hydrogen-bond acceptors (Lipinski definition) is 2. The SMILES string of the molecule is N#CCc1ccc(-c2ccccc2C(F)(F)F)c(F)n1. The molecule has 0 aliphatic rings. The summed E-state index contributed by atoms with van der Waals surface area (Å²) in [6, 6.07) is 9.05. The average Bonchev–Trinajstić information content (AvgIpc) is 2.38. The first kappa shape index (κ1) is 14.0. The number of pyridine rings is 1. The summed E-state index contributed by atoms with van der Waals surface area (Å²) in [5.74, 6) is -1.02. The molecular weight excluding hydrogens is 272 g/mol. The summed E-state index contributed by atoms with van der Waals surface area (Å²) in [4.78, 5) is 3.51. The molecule has 0 fully saturated rings. The van der Waals surface area contributed by atoms with E-state index in [0.29, 0.717) is 0 Å². The van der Waals surface area contributed by atoms with Crippen molar-refractivity contribution in [2.24, 2.45) is 0 Å². The number of aromatic nitrogens is 1. The molecule has 6 heteroatoms. The Morgan fingerprint density at radius 2 is 1.75 bits per heavy atom. The molecule has 0 spiro atoms. The highest BCUT2D eigenvalue weighted by Gasteiger charge is 2.33. The van der Waals surface area contributed by atoms with Gasteiger partial charge < -0.3 is 0 Å². The van der Waals surface area contributed by atoms with Gasteiger partial charge in [-0.15, -0.1) is 0 Å². The van der Waals surface area contributed by atoms with Crippen LogP contribution < -0.4 is 0 Å². The number of hydrogen-bond donors (Lipinski definition) is 0. The van der Waals surface area contributed by atoms with Gasteiger partial charge in [0.25, 0.3) is 0 Å². The Morgan fingerprint density at radius 1 is 1.05 bits per heavy atom. The third-order valence-corrected chi connectivity index (χ3v) is 2.69. The van der Waals surface area contributed by atoms with Crippen LogP contribution in [0.4, 0.5) is 17.6 Å². The second-order valence-corrected chi connectivity index (χ2v) is 4.02. The van der Waals surface area contributed by atoms with Gasteiger partial charge in [0.05, 0.1) is 23.7 Å². The molecule has 0 aliphatic carbocycles. The molecule has 2 nitrogen and oxygen atoms in total. The lowest BCUT2D eigenvalue weighted by Gasteiger charge is -2.13. The van der Waals surface area contributed by atoms with E-state index < -0.39 is 17.7 Å². The monoisotopic (exact) mass is 280 g/mol. The van der Waals surface area contributed by atoms with Crippen molar-refractivity contribution in [1.29, 1.82) is 5.26 Å². The Bertz CT molecular complexity index is 672. The van der Waals surface area contributed by atoms with E-state index in [4.69, 9.17) is 5.26 Å². The van der Waals surface area contributed by atoms with Crippen LogP contribution in [-0.2, 0) is 12.6 Å². The van der Waals surface area contributed by atoms with Crippen LogP contribution in [0.2, 0.25) is 0 Å². The number of halogens is 4. The summed E-state index contributed by atoms with van der Waals surface area (Å²) in [5, 5.41) is 8.49. The fraction of sp³-hybridized carbons (Fsp3) is 0.143. The highest BCUT2D eigenvalue weighted by Crippen LogP contribution is 2.37. The highest BCUT2D eigenvalue weighted by atomic mass is 19.4. The molecule has 20 heavy (non-hydrogen) atoms. The fourth-order valence-electron chi connectivity index (χ4n) is 1.82. The van der Waals surface area contributed by atoms with E-state index in [-0.39, 0.29) is 23.2 Å². The van der Waals surface area contributed by atoms with Gasteiger partial charge in [-0.25, -0.2) is 4.98 Å². The van der Waals surface area contributed by atoms with E-state index in [1.165, 1.54) is 30.3 Å². The second kappa shape index (κ2) is 5.29. The van der Waals surface area contributed by atoms with E-state index in [9.17, 15) is 17.6 Å². The van der Waals surface area contributed by atoms with E-state index in [1.807, 2.05) is 0 Å². The quantitative estimate of drug-likeness (QED) is 0.616. The Balaban J connectivity index is 2.56. The van der Waals surface area contributed by atoms with Gasteiger partial charge in [0.2, 0.25) is 5.95 Å². The number of benzene rings is 1. The summed E-state index contributed by atoms with van der Waals surface area (Å²) in [6.45, 7) is 0. The van der Waals surface area contributed by atoms with Crippen LogP contribution in [0.1, 0.15) is 11.3 Å². The Labute approximate surface area is 112 Å². The molecule has 0 aliphatic heterocycles. The van der Waals surface area contributed by atoms with E-state index in [1.54, 1.807) is 6.07 Å². The van der Waals surface area contributed by atoms with E-state index in [0.717, 1.165) is 6.07 Å². The first-order valence-electron chi connectivity index (χ1n) is 5.62. The molecule has 0 bridgehead atoms. The zero-order valence-electron chi connectivity index (χ0n) is 10.1. The highest BCUT2D eigenvalue weighted by molar-refractivity contribution is 5.67. The van der Waals surface area contributed by atoms with Gasteiger partial charge in [-0.3, -0.25) is 0 Å². The van der Waals surface area contributed by atoms with Gasteiger partial charge in [0.15, 0.2) is 0 Å². The molecule has 1 aromatic carbocycles. The minimum absolute atomic E-state index is 0.0991. The van der Waals surface area contributed by atoms with Crippen molar-refractivity contribution >= 4 is 0 Å². The molecular formula is C14H8F4N2. The van der Waals surface area contributed by atoms with Gasteiger partial charge in [-0.2, -0.15) is 22.8 Å². The third-order valence-electron chi connectivity index (χ3n) is 2.69. The Hall–Kier alpha value is -2.42. The number of rotatable bonds is 2. The molecule has 0 saturated carbocycles. The summed E-state index contributed by atoms with van der Waals surface area (Å²) in [6.07, 6.45) is -4.67. The Kier molecular flexibility index (Phi) is 3.70. The van der Waals surface area contributed by atoms with Crippen molar-refractivity contribution in [3.63, 3.8) is 0 Å². The van der Waals surface area contributed by atoms with E-state index in [2.05, 4.69) is 4.98 Å². The standard InChI is InChI=1S/C14H8F4N2/c15-13-11(6-5-9(20-13)7-8-19)10-3-1-2-4-12(10)14(16,17)18/h1-6H,7H2. The van der Waals surface area contributed by atoms with Crippen molar-refractivity contribution in [2.75, 3.05) is 0 Å². The van der Waals surface area contributed by atoms with Crippen LogP contribution in [0, 0.1) is 17.3 Å². The molecule has 1 aromatic heterocycles. The largest absolute Gasteiger partial charge is 0.417 e. The number of alkyl halides is 3. The molecule has 0 radical (unpaired) electrons. The van der Waals surface area contributed by atoms with Crippen molar-refractivity contribution in [1.82, 2.24) is 4.98 Å². The van der Waals surface area contributed by atoms with Crippen molar-refractivity contribution in [2.45, 2.75) is 12.6 Å². The maximum Gasteiger partial charge on any atom is 0.417 e. The van der Waals surface area contributed by atoms with Crippen LogP contribution in [0.3, 0.4) is 0 Å². The maximum atomic E-state index is 13.8. The minimum Gasteiger partial charge on any atom is -0.223 e. The topological polar surface area (TPSA) is 36.7 Å². The molecule has 0 N–H and O–H groups in total. The number of nitrogens with zero attached hydrogens (tertiary/aromatic N) is 2. The zero-order valence-corrected chi connectivity index (χ0v) is 10.1. The first-order valence-corrected chi connectivity index (χ1v) is 5.62.